The summed E-state index contributed by atoms with van der Waals surface area (Å²) in [5.41, 5.74) is 5.22. The highest BCUT2D eigenvalue weighted by molar-refractivity contribution is 5.72. The molecule has 0 aliphatic rings. The fourth-order valence-corrected chi connectivity index (χ4v) is 0.813. The molecule has 3 N–H and O–H groups in total. The van der Waals surface area contributed by atoms with Gasteiger partial charge in [0, 0.05) is 13.2 Å². The molecule has 1 atom stereocenters. The van der Waals surface area contributed by atoms with Gasteiger partial charge in [0.1, 0.15) is 6.04 Å². The average molecular weight is 205 g/mol. The van der Waals surface area contributed by atoms with Gasteiger partial charge < -0.3 is 15.6 Å². The maximum atomic E-state index is 10.1. The number of rotatable bonds is 5. The summed E-state index contributed by atoms with van der Waals surface area (Å²) in [6.45, 7) is 9.56. The van der Waals surface area contributed by atoms with E-state index in [1.807, 2.05) is 27.7 Å². The van der Waals surface area contributed by atoms with Gasteiger partial charge in [-0.3, -0.25) is 4.79 Å². The molecule has 0 fully saturated rings. The summed E-state index contributed by atoms with van der Waals surface area (Å²) in [6, 6.07) is -0.690. The van der Waals surface area contributed by atoms with Gasteiger partial charge in [-0.15, -0.1) is 0 Å². The molecule has 0 saturated heterocycles. The zero-order valence-electron chi connectivity index (χ0n) is 9.62. The molecule has 4 heteroatoms. The van der Waals surface area contributed by atoms with Crippen molar-refractivity contribution in [3.05, 3.63) is 0 Å². The van der Waals surface area contributed by atoms with E-state index in [-0.39, 0.29) is 0 Å². The minimum atomic E-state index is -0.913. The van der Waals surface area contributed by atoms with Crippen LogP contribution in [0, 0.1) is 5.92 Å². The molecule has 0 aliphatic carbocycles. The molecule has 0 radical (unpaired) electrons. The van der Waals surface area contributed by atoms with Gasteiger partial charge in [-0.2, -0.15) is 0 Å². The summed E-state index contributed by atoms with van der Waals surface area (Å²) in [6.07, 6.45) is 0.551. The summed E-state index contributed by atoms with van der Waals surface area (Å²) in [5.74, 6) is -0.556. The molecule has 0 aliphatic heterocycles. The van der Waals surface area contributed by atoms with E-state index >= 15 is 0 Å². The van der Waals surface area contributed by atoms with Crippen LogP contribution in [-0.4, -0.2) is 30.3 Å². The predicted molar refractivity (Wildman–Crippen MR) is 57.2 cm³/mol. The number of carboxylic acids is 1. The van der Waals surface area contributed by atoms with Crippen LogP contribution in [0.2, 0.25) is 0 Å². The van der Waals surface area contributed by atoms with E-state index in [2.05, 4.69) is 0 Å². The van der Waals surface area contributed by atoms with Gasteiger partial charge in [-0.1, -0.05) is 13.8 Å². The number of hydrogen-bond donors (Lipinski definition) is 2. The predicted octanol–water partition coefficient (Wildman–Crippen LogP) is 1.49. The van der Waals surface area contributed by atoms with Gasteiger partial charge in [-0.05, 0) is 26.2 Å². The lowest BCUT2D eigenvalue weighted by Crippen LogP contribution is -2.31. The van der Waals surface area contributed by atoms with Crippen molar-refractivity contribution in [1.29, 1.82) is 0 Å². The minimum absolute atomic E-state index is 0.357. The lowest BCUT2D eigenvalue weighted by atomic mass is 10.1. The molecule has 0 spiro atoms. The zero-order chi connectivity index (χ0) is 11.6. The van der Waals surface area contributed by atoms with Crippen molar-refractivity contribution in [3.8, 4) is 0 Å². The van der Waals surface area contributed by atoms with Crippen LogP contribution in [0.5, 0.6) is 0 Å². The topological polar surface area (TPSA) is 72.6 Å². The number of carboxylic acid groups (broad SMARTS) is 1. The van der Waals surface area contributed by atoms with Crippen LogP contribution < -0.4 is 5.73 Å². The second kappa shape index (κ2) is 10.5. The van der Waals surface area contributed by atoms with Gasteiger partial charge in [-0.25, -0.2) is 0 Å². The molecule has 0 saturated carbocycles. The standard InChI is InChI=1S/C6H13NO2.C4H10O/c1-4(2)3-5(7)6(8)9;1-3-5-4-2/h4-5H,3,7H2,1-2H3,(H,8,9);3-4H2,1-2H3/t5-;/m0./s1. The third-order valence-corrected chi connectivity index (χ3v) is 1.45. The molecule has 0 unspecified atom stereocenters. The van der Waals surface area contributed by atoms with Gasteiger partial charge in [0.25, 0.3) is 0 Å². The second-order valence-corrected chi connectivity index (χ2v) is 3.36. The van der Waals surface area contributed by atoms with Crippen molar-refractivity contribution in [2.75, 3.05) is 13.2 Å². The monoisotopic (exact) mass is 205 g/mol. The normalized spacial score (nSPS) is 11.9. The summed E-state index contributed by atoms with van der Waals surface area (Å²) in [7, 11) is 0. The SMILES string of the molecule is CC(C)C[C@H](N)C(=O)O.CCOCC. The highest BCUT2D eigenvalue weighted by atomic mass is 16.5. The number of aliphatic carboxylic acids is 1. The van der Waals surface area contributed by atoms with Gasteiger partial charge in [0.2, 0.25) is 0 Å². The minimum Gasteiger partial charge on any atom is -0.480 e. The Kier molecular flexibility index (Phi) is 11.9. The summed E-state index contributed by atoms with van der Waals surface area (Å²) >= 11 is 0. The van der Waals surface area contributed by atoms with Crippen LogP contribution >= 0.6 is 0 Å². The van der Waals surface area contributed by atoms with E-state index in [1.165, 1.54) is 0 Å². The molecule has 0 aromatic rings. The van der Waals surface area contributed by atoms with Crippen LogP contribution in [-0.2, 0) is 9.53 Å². The molecule has 0 heterocycles. The fourth-order valence-electron chi connectivity index (χ4n) is 0.813. The first-order valence-corrected chi connectivity index (χ1v) is 5.01. The van der Waals surface area contributed by atoms with Gasteiger partial charge >= 0.3 is 5.97 Å². The fraction of sp³-hybridized carbons (Fsp3) is 0.900. The average Bonchev–Trinajstić information content (AvgIpc) is 2.05. The van der Waals surface area contributed by atoms with Crippen LogP contribution in [0.4, 0.5) is 0 Å². The summed E-state index contributed by atoms with van der Waals surface area (Å²) in [4.78, 5) is 10.1. The Labute approximate surface area is 86.4 Å². The Balaban J connectivity index is 0. The van der Waals surface area contributed by atoms with Crippen molar-refractivity contribution in [2.24, 2.45) is 11.7 Å². The largest absolute Gasteiger partial charge is 0.480 e. The van der Waals surface area contributed by atoms with Crippen LogP contribution in [0.1, 0.15) is 34.1 Å². The zero-order valence-corrected chi connectivity index (χ0v) is 9.62. The Morgan fingerprint density at radius 2 is 1.79 bits per heavy atom. The Hall–Kier alpha value is -0.610. The lowest BCUT2D eigenvalue weighted by molar-refractivity contribution is -0.138. The first kappa shape index (κ1) is 15.8. The molecular formula is C10H23NO3. The molecule has 0 aromatic heterocycles. The highest BCUT2D eigenvalue weighted by Gasteiger charge is 2.11. The van der Waals surface area contributed by atoms with E-state index in [0.717, 1.165) is 13.2 Å². The Morgan fingerprint density at radius 1 is 1.36 bits per heavy atom. The van der Waals surface area contributed by atoms with Gasteiger partial charge in [0.05, 0.1) is 0 Å². The maximum Gasteiger partial charge on any atom is 0.320 e. The molecule has 0 bridgehead atoms. The lowest BCUT2D eigenvalue weighted by Gasteiger charge is -2.07. The highest BCUT2D eigenvalue weighted by Crippen LogP contribution is 2.01. The molecular weight excluding hydrogens is 182 g/mol. The molecule has 0 amide bonds. The van der Waals surface area contributed by atoms with Crippen molar-refractivity contribution in [2.45, 2.75) is 40.2 Å². The smallest absolute Gasteiger partial charge is 0.320 e. The van der Waals surface area contributed by atoms with Crippen LogP contribution in [0.25, 0.3) is 0 Å². The maximum absolute atomic E-state index is 10.1. The summed E-state index contributed by atoms with van der Waals surface area (Å²) in [5, 5.41) is 8.31. The summed E-state index contributed by atoms with van der Waals surface area (Å²) < 4.78 is 4.83. The molecule has 4 nitrogen and oxygen atoms in total. The molecule has 14 heavy (non-hydrogen) atoms. The van der Waals surface area contributed by atoms with E-state index in [0.29, 0.717) is 12.3 Å². The number of hydrogen-bond acceptors (Lipinski definition) is 3. The van der Waals surface area contributed by atoms with Crippen LogP contribution in [0.15, 0.2) is 0 Å². The van der Waals surface area contributed by atoms with E-state index < -0.39 is 12.0 Å². The van der Waals surface area contributed by atoms with Crippen molar-refractivity contribution >= 4 is 5.97 Å². The third-order valence-electron chi connectivity index (χ3n) is 1.45. The number of carbonyl (C=O) groups is 1. The first-order chi connectivity index (χ1) is 6.45. The number of nitrogens with two attached hydrogens (primary N) is 1. The molecule has 86 valence electrons. The Morgan fingerprint density at radius 3 is 1.86 bits per heavy atom. The molecule has 0 rings (SSSR count). The van der Waals surface area contributed by atoms with E-state index in [4.69, 9.17) is 15.6 Å². The molecule has 0 aromatic carbocycles. The van der Waals surface area contributed by atoms with Crippen molar-refractivity contribution < 1.29 is 14.6 Å². The van der Waals surface area contributed by atoms with E-state index in [1.54, 1.807) is 0 Å². The first-order valence-electron chi connectivity index (χ1n) is 5.01. The Bertz CT molecular complexity index is 135. The number of ether oxygens (including phenoxy) is 1. The van der Waals surface area contributed by atoms with Crippen LogP contribution in [0.3, 0.4) is 0 Å². The second-order valence-electron chi connectivity index (χ2n) is 3.36. The quantitative estimate of drug-likeness (QED) is 0.713. The van der Waals surface area contributed by atoms with Gasteiger partial charge in [0.15, 0.2) is 0 Å². The van der Waals surface area contributed by atoms with E-state index in [9.17, 15) is 4.79 Å². The van der Waals surface area contributed by atoms with Crippen molar-refractivity contribution in [1.82, 2.24) is 0 Å². The third kappa shape index (κ3) is 13.9. The van der Waals surface area contributed by atoms with Crippen molar-refractivity contribution in [3.63, 3.8) is 0 Å².